The Bertz CT molecular complexity index is 426. The van der Waals surface area contributed by atoms with E-state index in [2.05, 4.69) is 10.6 Å². The van der Waals surface area contributed by atoms with E-state index in [1.807, 2.05) is 0 Å². The van der Waals surface area contributed by atoms with E-state index in [-0.39, 0.29) is 36.2 Å². The first-order valence-electron chi connectivity index (χ1n) is 5.50. The Balaban J connectivity index is 2.27. The summed E-state index contributed by atoms with van der Waals surface area (Å²) >= 11 is 5.39. The van der Waals surface area contributed by atoms with Gasteiger partial charge in [-0.2, -0.15) is 0 Å². The van der Waals surface area contributed by atoms with Crippen LogP contribution in [0.25, 0.3) is 0 Å². The fraction of sp³-hybridized carbons (Fsp3) is 0.333. The minimum absolute atomic E-state index is 0.162. The van der Waals surface area contributed by atoms with Crippen LogP contribution in [-0.4, -0.2) is 30.8 Å². The maximum Gasteiger partial charge on any atom is 0.251 e. The number of rotatable bonds is 6. The fourth-order valence-electron chi connectivity index (χ4n) is 1.28. The van der Waals surface area contributed by atoms with E-state index in [1.165, 1.54) is 18.2 Å². The van der Waals surface area contributed by atoms with Crippen molar-refractivity contribution in [3.05, 3.63) is 35.6 Å². The van der Waals surface area contributed by atoms with Crippen LogP contribution in [-0.2, 0) is 4.79 Å². The van der Waals surface area contributed by atoms with Gasteiger partial charge < -0.3 is 10.6 Å². The van der Waals surface area contributed by atoms with E-state index in [4.69, 9.17) is 11.6 Å². The van der Waals surface area contributed by atoms with Crippen LogP contribution in [0.2, 0.25) is 0 Å². The summed E-state index contributed by atoms with van der Waals surface area (Å²) in [5.74, 6) is -0.731. The summed E-state index contributed by atoms with van der Waals surface area (Å²) < 4.78 is 12.9. The van der Waals surface area contributed by atoms with Gasteiger partial charge in [0.25, 0.3) is 5.91 Å². The smallest absolute Gasteiger partial charge is 0.251 e. The van der Waals surface area contributed by atoms with E-state index in [1.54, 1.807) is 0 Å². The standard InChI is InChI=1S/C12H14ClFN2O2/c13-5-4-11(17)15-6-7-16-12(18)9-2-1-3-10(14)8-9/h1-3,8H,4-7H2,(H,15,17)(H,16,18). The molecule has 0 aliphatic rings. The average molecular weight is 273 g/mol. The number of nitrogens with one attached hydrogen (secondary N) is 2. The molecule has 0 atom stereocenters. The molecule has 0 aromatic heterocycles. The molecular weight excluding hydrogens is 259 g/mol. The number of hydrogen-bond acceptors (Lipinski definition) is 2. The van der Waals surface area contributed by atoms with E-state index >= 15 is 0 Å². The van der Waals surface area contributed by atoms with Gasteiger partial charge in [0.2, 0.25) is 5.91 Å². The zero-order valence-electron chi connectivity index (χ0n) is 9.71. The molecule has 0 heterocycles. The molecule has 0 spiro atoms. The van der Waals surface area contributed by atoms with Gasteiger partial charge in [-0.1, -0.05) is 6.07 Å². The predicted molar refractivity (Wildman–Crippen MR) is 67.1 cm³/mol. The summed E-state index contributed by atoms with van der Waals surface area (Å²) in [7, 11) is 0. The van der Waals surface area contributed by atoms with Crippen LogP contribution in [0.1, 0.15) is 16.8 Å². The maximum atomic E-state index is 12.9. The highest BCUT2D eigenvalue weighted by Gasteiger charge is 2.05. The fourth-order valence-corrected chi connectivity index (χ4v) is 1.46. The van der Waals surface area contributed by atoms with Gasteiger partial charge in [0, 0.05) is 31.0 Å². The Labute approximate surface area is 110 Å². The predicted octanol–water partition coefficient (Wildman–Crippen LogP) is 1.30. The summed E-state index contributed by atoms with van der Waals surface area (Å²) in [5.41, 5.74) is 0.252. The van der Waals surface area contributed by atoms with E-state index in [9.17, 15) is 14.0 Å². The first-order chi connectivity index (χ1) is 8.63. The minimum Gasteiger partial charge on any atom is -0.354 e. The van der Waals surface area contributed by atoms with Gasteiger partial charge in [0.05, 0.1) is 0 Å². The molecule has 1 rings (SSSR count). The molecule has 0 aliphatic carbocycles. The van der Waals surface area contributed by atoms with Crippen molar-refractivity contribution >= 4 is 23.4 Å². The van der Waals surface area contributed by atoms with Crippen molar-refractivity contribution in [2.24, 2.45) is 0 Å². The number of carbonyl (C=O) groups excluding carboxylic acids is 2. The Hall–Kier alpha value is -1.62. The number of amides is 2. The molecule has 0 bridgehead atoms. The molecule has 0 radical (unpaired) electrons. The molecule has 2 amide bonds. The highest BCUT2D eigenvalue weighted by atomic mass is 35.5. The Morgan fingerprint density at radius 3 is 2.61 bits per heavy atom. The maximum absolute atomic E-state index is 12.9. The number of halogens is 2. The largest absolute Gasteiger partial charge is 0.354 e. The van der Waals surface area contributed by atoms with Crippen molar-refractivity contribution in [3.8, 4) is 0 Å². The van der Waals surface area contributed by atoms with Crippen molar-refractivity contribution < 1.29 is 14.0 Å². The number of hydrogen-bond donors (Lipinski definition) is 2. The average Bonchev–Trinajstić information content (AvgIpc) is 2.35. The van der Waals surface area contributed by atoms with Gasteiger partial charge in [-0.3, -0.25) is 9.59 Å². The number of alkyl halides is 1. The van der Waals surface area contributed by atoms with Gasteiger partial charge in [0.1, 0.15) is 5.82 Å². The molecule has 0 aliphatic heterocycles. The highest BCUT2D eigenvalue weighted by Crippen LogP contribution is 2.02. The Morgan fingerprint density at radius 2 is 1.94 bits per heavy atom. The normalized spacial score (nSPS) is 9.89. The third kappa shape index (κ3) is 5.14. The second-order valence-electron chi connectivity index (χ2n) is 3.56. The second kappa shape index (κ2) is 7.66. The first kappa shape index (κ1) is 14.4. The van der Waals surface area contributed by atoms with E-state index in [0.717, 1.165) is 6.07 Å². The molecule has 0 saturated heterocycles. The quantitative estimate of drug-likeness (QED) is 0.606. The van der Waals surface area contributed by atoms with Crippen molar-refractivity contribution in [2.45, 2.75) is 6.42 Å². The molecule has 0 unspecified atom stereocenters. The van der Waals surface area contributed by atoms with Gasteiger partial charge in [-0.25, -0.2) is 4.39 Å². The lowest BCUT2D eigenvalue weighted by atomic mass is 10.2. The minimum atomic E-state index is -0.460. The molecule has 1 aromatic carbocycles. The zero-order valence-corrected chi connectivity index (χ0v) is 10.5. The topological polar surface area (TPSA) is 58.2 Å². The molecule has 0 fully saturated rings. The third-order valence-electron chi connectivity index (χ3n) is 2.14. The lowest BCUT2D eigenvalue weighted by Crippen LogP contribution is -2.34. The van der Waals surface area contributed by atoms with Crippen LogP contribution in [0.15, 0.2) is 24.3 Å². The summed E-state index contributed by atoms with van der Waals surface area (Å²) in [6.07, 6.45) is 0.249. The zero-order chi connectivity index (χ0) is 13.4. The lowest BCUT2D eigenvalue weighted by molar-refractivity contribution is -0.120. The molecule has 98 valence electrons. The molecule has 4 nitrogen and oxygen atoms in total. The highest BCUT2D eigenvalue weighted by molar-refractivity contribution is 6.18. The summed E-state index contributed by atoms with van der Waals surface area (Å²) in [6.45, 7) is 0.597. The first-order valence-corrected chi connectivity index (χ1v) is 6.03. The Kier molecular flexibility index (Phi) is 6.14. The van der Waals surface area contributed by atoms with Gasteiger partial charge in [0.15, 0.2) is 0 Å². The van der Waals surface area contributed by atoms with Crippen molar-refractivity contribution in [2.75, 3.05) is 19.0 Å². The van der Waals surface area contributed by atoms with Crippen LogP contribution in [0, 0.1) is 5.82 Å². The van der Waals surface area contributed by atoms with Crippen molar-refractivity contribution in [1.29, 1.82) is 0 Å². The monoisotopic (exact) mass is 272 g/mol. The van der Waals surface area contributed by atoms with Crippen LogP contribution < -0.4 is 10.6 Å². The SMILES string of the molecule is O=C(CCCl)NCCNC(=O)c1cccc(F)c1. The molecule has 0 saturated carbocycles. The molecule has 6 heteroatoms. The number of benzene rings is 1. The molecule has 2 N–H and O–H groups in total. The van der Waals surface area contributed by atoms with Gasteiger partial charge >= 0.3 is 0 Å². The van der Waals surface area contributed by atoms with Crippen LogP contribution in [0.5, 0.6) is 0 Å². The third-order valence-corrected chi connectivity index (χ3v) is 2.33. The van der Waals surface area contributed by atoms with Crippen LogP contribution in [0.3, 0.4) is 0 Å². The Morgan fingerprint density at radius 1 is 1.22 bits per heavy atom. The van der Waals surface area contributed by atoms with Crippen LogP contribution in [0.4, 0.5) is 4.39 Å². The van der Waals surface area contributed by atoms with E-state index < -0.39 is 5.82 Å². The van der Waals surface area contributed by atoms with Crippen molar-refractivity contribution in [1.82, 2.24) is 10.6 Å². The van der Waals surface area contributed by atoms with Gasteiger partial charge in [-0.15, -0.1) is 11.6 Å². The van der Waals surface area contributed by atoms with E-state index in [0.29, 0.717) is 6.54 Å². The summed E-state index contributed by atoms with van der Waals surface area (Å²) in [4.78, 5) is 22.6. The molecule has 1 aromatic rings. The second-order valence-corrected chi connectivity index (χ2v) is 3.93. The molecule has 18 heavy (non-hydrogen) atoms. The van der Waals surface area contributed by atoms with Crippen molar-refractivity contribution in [3.63, 3.8) is 0 Å². The number of carbonyl (C=O) groups is 2. The summed E-state index contributed by atoms with van der Waals surface area (Å²) in [6, 6.07) is 5.40. The molecular formula is C12H14ClFN2O2. The van der Waals surface area contributed by atoms with Gasteiger partial charge in [-0.05, 0) is 18.2 Å². The summed E-state index contributed by atoms with van der Waals surface area (Å²) in [5, 5.41) is 5.16. The lowest BCUT2D eigenvalue weighted by Gasteiger charge is -2.06. The van der Waals surface area contributed by atoms with Crippen LogP contribution >= 0.6 is 11.6 Å².